The summed E-state index contributed by atoms with van der Waals surface area (Å²) in [5, 5.41) is 9.78. The van der Waals surface area contributed by atoms with E-state index in [2.05, 4.69) is 0 Å². The Morgan fingerprint density at radius 3 is 1.87 bits per heavy atom. The summed E-state index contributed by atoms with van der Waals surface area (Å²) < 4.78 is 44.6. The lowest BCUT2D eigenvalue weighted by atomic mass is 10.2. The number of benzene rings is 1. The molecule has 0 unspecified atom stereocenters. The summed E-state index contributed by atoms with van der Waals surface area (Å²) in [5.41, 5.74) is 0.240. The zero-order valence-electron chi connectivity index (χ0n) is 7.84. The molecule has 6 nitrogen and oxygen atoms in total. The first-order valence-corrected chi connectivity index (χ1v) is 6.88. The maximum Gasteiger partial charge on any atom is 0.239 e. The number of nitrogens with two attached hydrogens (primary N) is 2. The van der Waals surface area contributed by atoms with Crippen molar-refractivity contribution in [2.75, 3.05) is 0 Å². The van der Waals surface area contributed by atoms with E-state index in [9.17, 15) is 16.8 Å². The maximum absolute atomic E-state index is 11.2. The molecule has 15 heavy (non-hydrogen) atoms. The standard InChI is InChI=1S/C7H10N2O4S2/c1-5-3-2-4-6(14(8,10)11)7(5)15(9,12)13/h2-4H,1H3,(H2,8,10,11)(H2,9,12,13). The Kier molecular flexibility index (Phi) is 2.88. The van der Waals surface area contributed by atoms with Crippen LogP contribution in [0.5, 0.6) is 0 Å². The molecule has 4 N–H and O–H groups in total. The molecule has 0 spiro atoms. The van der Waals surface area contributed by atoms with Crippen molar-refractivity contribution in [3.05, 3.63) is 23.8 Å². The third-order valence-corrected chi connectivity index (χ3v) is 3.96. The molecule has 0 amide bonds. The molecule has 84 valence electrons. The van der Waals surface area contributed by atoms with Crippen molar-refractivity contribution in [2.24, 2.45) is 10.3 Å². The summed E-state index contributed by atoms with van der Waals surface area (Å²) in [6.07, 6.45) is 0. The number of hydrogen-bond donors (Lipinski definition) is 2. The van der Waals surface area contributed by atoms with E-state index < -0.39 is 29.8 Å². The van der Waals surface area contributed by atoms with Crippen LogP contribution in [-0.4, -0.2) is 16.8 Å². The van der Waals surface area contributed by atoms with E-state index in [1.165, 1.54) is 19.1 Å². The van der Waals surface area contributed by atoms with Crippen molar-refractivity contribution >= 4 is 20.0 Å². The summed E-state index contributed by atoms with van der Waals surface area (Å²) in [5.74, 6) is 0. The molecule has 0 bridgehead atoms. The minimum Gasteiger partial charge on any atom is -0.225 e. The van der Waals surface area contributed by atoms with Gasteiger partial charge in [-0.2, -0.15) is 0 Å². The SMILES string of the molecule is Cc1cccc(S(N)(=O)=O)c1S(N)(=O)=O. The van der Waals surface area contributed by atoms with E-state index in [0.717, 1.165) is 6.07 Å². The van der Waals surface area contributed by atoms with E-state index in [4.69, 9.17) is 10.3 Å². The summed E-state index contributed by atoms with van der Waals surface area (Å²) in [6, 6.07) is 3.93. The highest BCUT2D eigenvalue weighted by atomic mass is 32.2. The largest absolute Gasteiger partial charge is 0.239 e. The Morgan fingerprint density at radius 2 is 1.53 bits per heavy atom. The zero-order chi connectivity index (χ0) is 11.9. The molecule has 0 fully saturated rings. The molecule has 1 aromatic rings. The summed E-state index contributed by atoms with van der Waals surface area (Å²) in [6.45, 7) is 1.44. The van der Waals surface area contributed by atoms with Crippen molar-refractivity contribution in [3.8, 4) is 0 Å². The van der Waals surface area contributed by atoms with Crippen LogP contribution in [0.1, 0.15) is 5.56 Å². The summed E-state index contributed by atoms with van der Waals surface area (Å²) >= 11 is 0. The summed E-state index contributed by atoms with van der Waals surface area (Å²) in [7, 11) is -8.20. The molecule has 0 aromatic heterocycles. The van der Waals surface area contributed by atoms with Crippen LogP contribution in [0.2, 0.25) is 0 Å². The van der Waals surface area contributed by atoms with E-state index in [-0.39, 0.29) is 5.56 Å². The van der Waals surface area contributed by atoms with Gasteiger partial charge in [0.15, 0.2) is 0 Å². The van der Waals surface area contributed by atoms with Crippen LogP contribution in [0.4, 0.5) is 0 Å². The molecule has 0 saturated heterocycles. The van der Waals surface area contributed by atoms with Crippen LogP contribution in [0.3, 0.4) is 0 Å². The van der Waals surface area contributed by atoms with Crippen LogP contribution in [0, 0.1) is 6.92 Å². The lowest BCUT2D eigenvalue weighted by Crippen LogP contribution is -2.21. The van der Waals surface area contributed by atoms with Crippen molar-refractivity contribution in [1.82, 2.24) is 0 Å². The topological polar surface area (TPSA) is 120 Å². The molecule has 0 atom stereocenters. The first kappa shape index (κ1) is 12.1. The number of sulfonamides is 2. The predicted molar refractivity (Wildman–Crippen MR) is 53.9 cm³/mol. The molecule has 0 radical (unpaired) electrons. The van der Waals surface area contributed by atoms with Crippen LogP contribution in [-0.2, 0) is 20.0 Å². The number of rotatable bonds is 2. The Morgan fingerprint density at radius 1 is 1.00 bits per heavy atom. The lowest BCUT2D eigenvalue weighted by Gasteiger charge is -2.08. The maximum atomic E-state index is 11.2. The van der Waals surface area contributed by atoms with Gasteiger partial charge in [0.1, 0.15) is 9.79 Å². The first-order chi connectivity index (χ1) is 6.64. The second-order valence-corrected chi connectivity index (χ2v) is 6.02. The number of primary sulfonamides is 2. The Bertz CT molecular complexity index is 589. The van der Waals surface area contributed by atoms with Gasteiger partial charge in [0, 0.05) is 0 Å². The Balaban J connectivity index is 3.79. The van der Waals surface area contributed by atoms with Crippen molar-refractivity contribution < 1.29 is 16.8 Å². The fourth-order valence-electron chi connectivity index (χ4n) is 1.21. The highest BCUT2D eigenvalue weighted by molar-refractivity contribution is 7.92. The minimum atomic E-state index is -4.11. The molecule has 1 rings (SSSR count). The number of aryl methyl sites for hydroxylation is 1. The summed E-state index contributed by atoms with van der Waals surface area (Å²) in [4.78, 5) is -0.933. The highest BCUT2D eigenvalue weighted by Crippen LogP contribution is 2.21. The Labute approximate surface area is 88.0 Å². The van der Waals surface area contributed by atoms with E-state index >= 15 is 0 Å². The van der Waals surface area contributed by atoms with Gasteiger partial charge in [-0.25, -0.2) is 27.1 Å². The van der Waals surface area contributed by atoms with Gasteiger partial charge in [0.2, 0.25) is 20.0 Å². The van der Waals surface area contributed by atoms with Gasteiger partial charge in [-0.1, -0.05) is 12.1 Å². The van der Waals surface area contributed by atoms with Crippen molar-refractivity contribution in [1.29, 1.82) is 0 Å². The quantitative estimate of drug-likeness (QED) is 0.720. The van der Waals surface area contributed by atoms with Crippen molar-refractivity contribution in [2.45, 2.75) is 16.7 Å². The van der Waals surface area contributed by atoms with Crippen LogP contribution in [0.25, 0.3) is 0 Å². The van der Waals surface area contributed by atoms with Crippen LogP contribution < -0.4 is 10.3 Å². The molecule has 8 heteroatoms. The molecule has 0 aliphatic rings. The van der Waals surface area contributed by atoms with Crippen LogP contribution >= 0.6 is 0 Å². The smallest absolute Gasteiger partial charge is 0.225 e. The van der Waals surface area contributed by atoms with Crippen molar-refractivity contribution in [3.63, 3.8) is 0 Å². The van der Waals surface area contributed by atoms with Gasteiger partial charge >= 0.3 is 0 Å². The van der Waals surface area contributed by atoms with E-state index in [1.54, 1.807) is 0 Å². The van der Waals surface area contributed by atoms with Gasteiger partial charge in [-0.15, -0.1) is 0 Å². The minimum absolute atomic E-state index is 0.240. The monoisotopic (exact) mass is 250 g/mol. The molecule has 0 saturated carbocycles. The molecule has 1 aromatic carbocycles. The highest BCUT2D eigenvalue weighted by Gasteiger charge is 2.23. The van der Waals surface area contributed by atoms with Gasteiger partial charge < -0.3 is 0 Å². The first-order valence-electron chi connectivity index (χ1n) is 3.79. The second-order valence-electron chi connectivity index (χ2n) is 2.99. The average Bonchev–Trinajstić information content (AvgIpc) is 1.99. The molecular formula is C7H10N2O4S2. The second kappa shape index (κ2) is 3.56. The molecule has 0 aliphatic carbocycles. The number of hydrogen-bond acceptors (Lipinski definition) is 4. The third-order valence-electron chi connectivity index (χ3n) is 1.77. The zero-order valence-corrected chi connectivity index (χ0v) is 9.47. The van der Waals surface area contributed by atoms with E-state index in [0.29, 0.717) is 0 Å². The Hall–Kier alpha value is -0.960. The van der Waals surface area contributed by atoms with Gasteiger partial charge in [0.25, 0.3) is 0 Å². The van der Waals surface area contributed by atoms with Gasteiger partial charge in [-0.05, 0) is 18.6 Å². The van der Waals surface area contributed by atoms with Gasteiger partial charge in [0.05, 0.1) is 0 Å². The fourth-order valence-corrected chi connectivity index (χ4v) is 3.46. The average molecular weight is 250 g/mol. The van der Waals surface area contributed by atoms with Crippen LogP contribution in [0.15, 0.2) is 28.0 Å². The normalized spacial score (nSPS) is 12.7. The third kappa shape index (κ3) is 2.53. The molecule has 0 heterocycles. The van der Waals surface area contributed by atoms with E-state index in [1.807, 2.05) is 0 Å². The van der Waals surface area contributed by atoms with Gasteiger partial charge in [-0.3, -0.25) is 0 Å². The molecular weight excluding hydrogens is 240 g/mol. The fraction of sp³-hybridized carbons (Fsp3) is 0.143. The molecule has 0 aliphatic heterocycles. The lowest BCUT2D eigenvalue weighted by molar-refractivity contribution is 0.583. The predicted octanol–water partition coefficient (Wildman–Crippen LogP) is -0.710.